The van der Waals surface area contributed by atoms with Crippen LogP contribution in [0, 0.1) is 0 Å². The Kier molecular flexibility index (Phi) is 2.27. The van der Waals surface area contributed by atoms with Crippen molar-refractivity contribution < 1.29 is 14.3 Å². The maximum atomic E-state index is 10.4. The molecule has 1 fully saturated rings. The van der Waals surface area contributed by atoms with Crippen LogP contribution in [0.4, 0.5) is 0 Å². The molecular formula is C7H12O3. The molecular weight excluding hydrogens is 132 g/mol. The highest BCUT2D eigenvalue weighted by Gasteiger charge is 2.31. The van der Waals surface area contributed by atoms with Crippen LogP contribution in [-0.2, 0) is 14.3 Å². The first-order chi connectivity index (χ1) is 4.72. The summed E-state index contributed by atoms with van der Waals surface area (Å²) in [7, 11) is 1.68. The van der Waals surface area contributed by atoms with Gasteiger partial charge >= 0.3 is 5.97 Å². The molecule has 0 aromatic rings. The van der Waals surface area contributed by atoms with Crippen molar-refractivity contribution in [1.82, 2.24) is 0 Å². The standard InChI is InChI=1S/C7H12O3/c1-5(8)10-7-3-6(4-7)9-2/h6-7H,3-4H2,1-2H3. The minimum Gasteiger partial charge on any atom is -0.462 e. The molecule has 58 valence electrons. The normalized spacial score (nSPS) is 31.0. The molecule has 0 amide bonds. The summed E-state index contributed by atoms with van der Waals surface area (Å²) in [4.78, 5) is 10.4. The van der Waals surface area contributed by atoms with Crippen molar-refractivity contribution in [2.75, 3.05) is 7.11 Å². The van der Waals surface area contributed by atoms with E-state index in [2.05, 4.69) is 0 Å². The van der Waals surface area contributed by atoms with Gasteiger partial charge in [0.15, 0.2) is 0 Å². The Bertz CT molecular complexity index is 127. The van der Waals surface area contributed by atoms with Gasteiger partial charge in [0.05, 0.1) is 6.10 Å². The van der Waals surface area contributed by atoms with E-state index in [1.54, 1.807) is 7.11 Å². The molecule has 0 spiro atoms. The third-order valence-corrected chi connectivity index (χ3v) is 1.72. The molecule has 0 N–H and O–H groups in total. The van der Waals surface area contributed by atoms with Crippen molar-refractivity contribution in [3.8, 4) is 0 Å². The van der Waals surface area contributed by atoms with Crippen molar-refractivity contribution >= 4 is 5.97 Å². The highest BCUT2D eigenvalue weighted by atomic mass is 16.6. The van der Waals surface area contributed by atoms with Crippen molar-refractivity contribution in [3.05, 3.63) is 0 Å². The van der Waals surface area contributed by atoms with Crippen molar-refractivity contribution in [1.29, 1.82) is 0 Å². The first-order valence-corrected chi connectivity index (χ1v) is 3.42. The molecule has 10 heavy (non-hydrogen) atoms. The molecule has 0 bridgehead atoms. The number of methoxy groups -OCH3 is 1. The third-order valence-electron chi connectivity index (χ3n) is 1.72. The van der Waals surface area contributed by atoms with E-state index in [-0.39, 0.29) is 12.1 Å². The quantitative estimate of drug-likeness (QED) is 0.536. The number of hydrogen-bond donors (Lipinski definition) is 0. The summed E-state index contributed by atoms with van der Waals surface area (Å²) in [6, 6.07) is 0. The molecule has 1 saturated carbocycles. The second kappa shape index (κ2) is 3.01. The molecule has 3 heteroatoms. The van der Waals surface area contributed by atoms with E-state index in [0.717, 1.165) is 12.8 Å². The Morgan fingerprint density at radius 1 is 1.40 bits per heavy atom. The first-order valence-electron chi connectivity index (χ1n) is 3.42. The molecule has 1 rings (SSSR count). The maximum Gasteiger partial charge on any atom is 0.302 e. The summed E-state index contributed by atoms with van der Waals surface area (Å²) in [5, 5.41) is 0. The molecule has 0 aromatic carbocycles. The van der Waals surface area contributed by atoms with Crippen molar-refractivity contribution in [2.45, 2.75) is 32.0 Å². The Hall–Kier alpha value is -0.570. The Labute approximate surface area is 60.3 Å². The highest BCUT2D eigenvalue weighted by Crippen LogP contribution is 2.25. The van der Waals surface area contributed by atoms with Gasteiger partial charge in [-0.3, -0.25) is 4.79 Å². The van der Waals surface area contributed by atoms with Gasteiger partial charge in [0.2, 0.25) is 0 Å². The molecule has 3 nitrogen and oxygen atoms in total. The van der Waals surface area contributed by atoms with Gasteiger partial charge in [-0.25, -0.2) is 0 Å². The number of esters is 1. The number of hydrogen-bond acceptors (Lipinski definition) is 3. The zero-order chi connectivity index (χ0) is 7.56. The summed E-state index contributed by atoms with van der Waals surface area (Å²) in [6.45, 7) is 1.43. The average Bonchev–Trinajstić information content (AvgIpc) is 1.76. The highest BCUT2D eigenvalue weighted by molar-refractivity contribution is 5.66. The van der Waals surface area contributed by atoms with Gasteiger partial charge in [0, 0.05) is 26.9 Å². The second-order valence-electron chi connectivity index (χ2n) is 2.56. The van der Waals surface area contributed by atoms with Crippen LogP contribution in [0.3, 0.4) is 0 Å². The molecule has 1 aliphatic carbocycles. The fraction of sp³-hybridized carbons (Fsp3) is 0.857. The fourth-order valence-corrected chi connectivity index (χ4v) is 1.04. The number of rotatable bonds is 2. The Balaban J connectivity index is 2.08. The lowest BCUT2D eigenvalue weighted by Gasteiger charge is -2.32. The van der Waals surface area contributed by atoms with Gasteiger partial charge in [-0.15, -0.1) is 0 Å². The van der Waals surface area contributed by atoms with Crippen LogP contribution in [0.2, 0.25) is 0 Å². The fourth-order valence-electron chi connectivity index (χ4n) is 1.04. The maximum absolute atomic E-state index is 10.4. The second-order valence-corrected chi connectivity index (χ2v) is 2.56. The van der Waals surface area contributed by atoms with Crippen LogP contribution < -0.4 is 0 Å². The van der Waals surface area contributed by atoms with E-state index < -0.39 is 0 Å². The molecule has 0 aliphatic heterocycles. The van der Waals surface area contributed by atoms with E-state index in [9.17, 15) is 4.79 Å². The van der Waals surface area contributed by atoms with Gasteiger partial charge in [-0.1, -0.05) is 0 Å². The molecule has 0 aromatic heterocycles. The lowest BCUT2D eigenvalue weighted by Crippen LogP contribution is -2.37. The smallest absolute Gasteiger partial charge is 0.302 e. The third kappa shape index (κ3) is 1.70. The minimum atomic E-state index is -0.195. The zero-order valence-corrected chi connectivity index (χ0v) is 6.29. The lowest BCUT2D eigenvalue weighted by atomic mass is 9.92. The van der Waals surface area contributed by atoms with E-state index in [0.29, 0.717) is 6.10 Å². The Morgan fingerprint density at radius 3 is 2.40 bits per heavy atom. The van der Waals surface area contributed by atoms with E-state index >= 15 is 0 Å². The molecule has 0 heterocycles. The zero-order valence-electron chi connectivity index (χ0n) is 6.29. The number of carbonyl (C=O) groups excluding carboxylic acids is 1. The summed E-state index contributed by atoms with van der Waals surface area (Å²) in [5.41, 5.74) is 0. The van der Waals surface area contributed by atoms with Crippen LogP contribution in [0.25, 0.3) is 0 Å². The van der Waals surface area contributed by atoms with Gasteiger partial charge in [0.25, 0.3) is 0 Å². The predicted molar refractivity (Wildman–Crippen MR) is 35.6 cm³/mol. The van der Waals surface area contributed by atoms with Crippen LogP contribution in [-0.4, -0.2) is 25.3 Å². The molecule has 0 radical (unpaired) electrons. The van der Waals surface area contributed by atoms with Gasteiger partial charge in [0.1, 0.15) is 6.10 Å². The van der Waals surface area contributed by atoms with Crippen LogP contribution in [0.5, 0.6) is 0 Å². The summed E-state index contributed by atoms with van der Waals surface area (Å²) in [5.74, 6) is -0.195. The van der Waals surface area contributed by atoms with E-state index in [4.69, 9.17) is 9.47 Å². The summed E-state index contributed by atoms with van der Waals surface area (Å²) >= 11 is 0. The minimum absolute atomic E-state index is 0.113. The van der Waals surface area contributed by atoms with Gasteiger partial charge in [-0.05, 0) is 0 Å². The van der Waals surface area contributed by atoms with Gasteiger partial charge in [-0.2, -0.15) is 0 Å². The number of ether oxygens (including phenoxy) is 2. The molecule has 0 saturated heterocycles. The van der Waals surface area contributed by atoms with Gasteiger partial charge < -0.3 is 9.47 Å². The predicted octanol–water partition coefficient (Wildman–Crippen LogP) is 0.727. The van der Waals surface area contributed by atoms with Crippen molar-refractivity contribution in [3.63, 3.8) is 0 Å². The Morgan fingerprint density at radius 2 is 2.00 bits per heavy atom. The SMILES string of the molecule is COC1CC(OC(C)=O)C1. The van der Waals surface area contributed by atoms with E-state index in [1.807, 2.05) is 0 Å². The number of carbonyl (C=O) groups is 1. The van der Waals surface area contributed by atoms with Crippen LogP contribution in [0.15, 0.2) is 0 Å². The monoisotopic (exact) mass is 144 g/mol. The largest absolute Gasteiger partial charge is 0.462 e. The van der Waals surface area contributed by atoms with Crippen LogP contribution >= 0.6 is 0 Å². The lowest BCUT2D eigenvalue weighted by molar-refractivity contribution is -0.157. The molecule has 0 atom stereocenters. The molecule has 0 unspecified atom stereocenters. The summed E-state index contributed by atoms with van der Waals surface area (Å²) in [6.07, 6.45) is 2.14. The summed E-state index contributed by atoms with van der Waals surface area (Å²) < 4.78 is 9.91. The average molecular weight is 144 g/mol. The van der Waals surface area contributed by atoms with Crippen molar-refractivity contribution in [2.24, 2.45) is 0 Å². The van der Waals surface area contributed by atoms with E-state index in [1.165, 1.54) is 6.92 Å². The molecule has 1 aliphatic rings. The first kappa shape index (κ1) is 7.54. The topological polar surface area (TPSA) is 35.5 Å². The van der Waals surface area contributed by atoms with Crippen LogP contribution in [0.1, 0.15) is 19.8 Å².